The fourth-order valence-corrected chi connectivity index (χ4v) is 8.64. The topological polar surface area (TPSA) is 128 Å². The van der Waals surface area contributed by atoms with E-state index in [1.165, 1.54) is 6.20 Å². The van der Waals surface area contributed by atoms with Crippen molar-refractivity contribution in [3.63, 3.8) is 0 Å². The minimum absolute atomic E-state index is 0.0638. The highest BCUT2D eigenvalue weighted by Gasteiger charge is 2.28. The first-order valence-electron chi connectivity index (χ1n) is 19.3. The summed E-state index contributed by atoms with van der Waals surface area (Å²) in [4.78, 5) is 21.2. The van der Waals surface area contributed by atoms with Crippen LogP contribution in [0.2, 0.25) is 5.02 Å². The van der Waals surface area contributed by atoms with E-state index in [1.807, 2.05) is 36.4 Å². The van der Waals surface area contributed by atoms with E-state index in [0.717, 1.165) is 97.3 Å². The van der Waals surface area contributed by atoms with Crippen LogP contribution in [-0.4, -0.2) is 91.4 Å². The lowest BCUT2D eigenvalue weighted by atomic mass is 9.96. The van der Waals surface area contributed by atoms with Gasteiger partial charge in [-0.15, -0.1) is 0 Å². The number of β-amino-alcohol motifs (C(OH)–C–C–N with tert-alkyl or cyclic N) is 1. The first-order valence-corrected chi connectivity index (χ1v) is 21.6. The number of rotatable bonds is 14. The number of pyridine rings is 1. The third kappa shape index (κ3) is 9.66. The third-order valence-electron chi connectivity index (χ3n) is 11.0. The molecule has 1 aromatic heterocycles. The third-order valence-corrected chi connectivity index (χ3v) is 12.4. The van der Waals surface area contributed by atoms with Gasteiger partial charge in [0, 0.05) is 68.4 Å². The summed E-state index contributed by atoms with van der Waals surface area (Å²) in [5.41, 5.74) is 5.48. The summed E-state index contributed by atoms with van der Waals surface area (Å²) in [7, 11) is -3.45. The van der Waals surface area contributed by atoms with Gasteiger partial charge in [0.05, 0.1) is 22.1 Å². The zero-order valence-electron chi connectivity index (χ0n) is 32.2. The average molecular weight is 804 g/mol. The van der Waals surface area contributed by atoms with Crippen LogP contribution in [0.1, 0.15) is 61.3 Å². The quantitative estimate of drug-likeness (QED) is 0.144. The minimum atomic E-state index is -3.45. The van der Waals surface area contributed by atoms with Crippen molar-refractivity contribution in [3.8, 4) is 34.1 Å². The smallest absolute Gasteiger partial charge is 0.177 e. The number of aliphatic hydroxyl groups excluding tert-OH is 1. The van der Waals surface area contributed by atoms with Gasteiger partial charge < -0.3 is 29.0 Å². The van der Waals surface area contributed by atoms with Crippen molar-refractivity contribution in [1.29, 1.82) is 0 Å². The summed E-state index contributed by atoms with van der Waals surface area (Å²) in [5.74, 6) is 2.55. The van der Waals surface area contributed by atoms with E-state index < -0.39 is 9.84 Å². The molecule has 0 aliphatic carbocycles. The Morgan fingerprint density at radius 1 is 0.982 bits per heavy atom. The molecule has 4 heterocycles. The van der Waals surface area contributed by atoms with Gasteiger partial charge in [0.15, 0.2) is 21.3 Å². The second-order valence-corrected chi connectivity index (χ2v) is 17.6. The number of aromatic nitrogens is 1. The maximum absolute atomic E-state index is 12.5. The van der Waals surface area contributed by atoms with Crippen LogP contribution in [0.15, 0.2) is 71.9 Å². The number of ketones is 1. The number of carbonyl (C=O) groups excluding carboxylic acids is 1. The van der Waals surface area contributed by atoms with E-state index in [9.17, 15) is 18.3 Å². The van der Waals surface area contributed by atoms with E-state index in [1.54, 1.807) is 25.3 Å². The lowest BCUT2D eigenvalue weighted by Gasteiger charge is -2.34. The maximum atomic E-state index is 12.5. The molecule has 0 spiro atoms. The van der Waals surface area contributed by atoms with Gasteiger partial charge >= 0.3 is 0 Å². The molecule has 7 rings (SSSR count). The van der Waals surface area contributed by atoms with Crippen molar-refractivity contribution in [2.24, 2.45) is 0 Å². The molecule has 298 valence electrons. The van der Waals surface area contributed by atoms with Gasteiger partial charge in [0.25, 0.3) is 0 Å². The predicted octanol–water partition coefficient (Wildman–Crippen LogP) is 6.81. The first-order chi connectivity index (χ1) is 26.9. The molecule has 3 aliphatic heterocycles. The van der Waals surface area contributed by atoms with Crippen LogP contribution in [0.25, 0.3) is 11.1 Å². The molecule has 3 aliphatic rings. The predicted molar refractivity (Wildman–Crippen MR) is 214 cm³/mol. The fourth-order valence-electron chi connectivity index (χ4n) is 7.79. The molecule has 56 heavy (non-hydrogen) atoms. The Hall–Kier alpha value is -4.20. The molecular formula is C43H50ClN3O8S. The lowest BCUT2D eigenvalue weighted by molar-refractivity contribution is -0.123. The Morgan fingerprint density at radius 3 is 2.61 bits per heavy atom. The Labute approximate surface area is 334 Å². The van der Waals surface area contributed by atoms with Gasteiger partial charge in [-0.3, -0.25) is 14.7 Å². The van der Waals surface area contributed by atoms with Gasteiger partial charge in [-0.25, -0.2) is 8.42 Å². The number of hydrogen-bond acceptors (Lipinski definition) is 11. The van der Waals surface area contributed by atoms with Crippen molar-refractivity contribution in [1.82, 2.24) is 14.8 Å². The summed E-state index contributed by atoms with van der Waals surface area (Å²) < 4.78 is 49.6. The van der Waals surface area contributed by atoms with E-state index in [0.29, 0.717) is 41.8 Å². The summed E-state index contributed by atoms with van der Waals surface area (Å²) in [6, 6.07) is 17.1. The first kappa shape index (κ1) is 40.0. The molecule has 2 fully saturated rings. The number of halogens is 1. The fraction of sp³-hybridized carbons (Fsp3) is 0.442. The van der Waals surface area contributed by atoms with Crippen LogP contribution >= 0.6 is 11.6 Å². The molecular weight excluding hydrogens is 754 g/mol. The van der Waals surface area contributed by atoms with Crippen LogP contribution in [0.3, 0.4) is 0 Å². The molecule has 4 aromatic rings. The zero-order chi connectivity index (χ0) is 39.4. The van der Waals surface area contributed by atoms with Crippen molar-refractivity contribution < 1.29 is 37.3 Å². The molecule has 3 aromatic carbocycles. The van der Waals surface area contributed by atoms with Gasteiger partial charge in [-0.1, -0.05) is 42.3 Å². The number of nitrogens with zero attached hydrogens (tertiary/aromatic N) is 3. The molecule has 13 heteroatoms. The standard InChI is InChI=1S/C43H50ClN3O8S/c1-28-32(7-6-8-37(28)31-10-11-40-43(19-31)55-35(27-54-40)13-16-46-15-12-34(49)24-46)26-53-42-20-41(52-25-30-17-36(22-45-21-30)56(3,50)51)33(18-38(42)44)23-47-14-5-4-9-39(47)29(2)48/h6-8,10-11,17-22,34-35,39,49H,4-5,9,12-16,23-27H2,1-3H3/t34-,35?,39+/m1/s1. The number of sulfone groups is 1. The van der Waals surface area contributed by atoms with Crippen molar-refractivity contribution >= 4 is 27.2 Å². The van der Waals surface area contributed by atoms with E-state index in [2.05, 4.69) is 27.8 Å². The van der Waals surface area contributed by atoms with Crippen molar-refractivity contribution in [2.45, 2.75) is 88.9 Å². The number of fused-ring (bicyclic) bond motifs is 1. The van der Waals surface area contributed by atoms with Gasteiger partial charge in [-0.05, 0) is 86.2 Å². The highest BCUT2D eigenvalue weighted by atomic mass is 35.5. The number of hydrogen-bond donors (Lipinski definition) is 1. The number of Topliss-reactive ketones (excluding diaryl/α,β-unsaturated/α-hetero) is 1. The second-order valence-electron chi connectivity index (χ2n) is 15.2. The zero-order valence-corrected chi connectivity index (χ0v) is 33.8. The molecule has 0 bridgehead atoms. The molecule has 0 amide bonds. The molecule has 2 saturated heterocycles. The molecule has 0 saturated carbocycles. The Morgan fingerprint density at radius 2 is 1.82 bits per heavy atom. The lowest BCUT2D eigenvalue weighted by Crippen LogP contribution is -2.43. The largest absolute Gasteiger partial charge is 0.488 e. The number of benzene rings is 3. The SMILES string of the molecule is CC(=O)[C@@H]1CCCCN1Cc1cc(Cl)c(OCc2cccc(-c3ccc4c(c3)OC(CCN3CC[C@@H](O)C3)CO4)c2C)cc1OCc1cncc(S(C)(=O)=O)c1. The Balaban J connectivity index is 1.08. The van der Waals surface area contributed by atoms with Crippen LogP contribution < -0.4 is 18.9 Å². The summed E-state index contributed by atoms with van der Waals surface area (Å²) in [6.45, 7) is 8.23. The van der Waals surface area contributed by atoms with Gasteiger partial charge in [0.1, 0.15) is 43.2 Å². The Kier molecular flexibility index (Phi) is 12.5. The van der Waals surface area contributed by atoms with Gasteiger partial charge in [-0.2, -0.15) is 0 Å². The molecule has 1 unspecified atom stereocenters. The number of carbonyl (C=O) groups is 1. The molecule has 11 nitrogen and oxygen atoms in total. The van der Waals surface area contributed by atoms with Crippen LogP contribution in [0.5, 0.6) is 23.0 Å². The number of ether oxygens (including phenoxy) is 4. The number of aliphatic hydroxyl groups is 1. The van der Waals surface area contributed by atoms with Crippen LogP contribution in [0.4, 0.5) is 0 Å². The van der Waals surface area contributed by atoms with E-state index in [4.69, 9.17) is 30.5 Å². The molecule has 3 atom stereocenters. The highest BCUT2D eigenvalue weighted by Crippen LogP contribution is 2.39. The summed E-state index contributed by atoms with van der Waals surface area (Å²) in [5, 5.41) is 10.3. The number of piperidine rings is 1. The van der Waals surface area contributed by atoms with E-state index >= 15 is 0 Å². The average Bonchev–Trinajstić information content (AvgIpc) is 3.61. The highest BCUT2D eigenvalue weighted by molar-refractivity contribution is 7.90. The second kappa shape index (κ2) is 17.5. The van der Waals surface area contributed by atoms with Crippen LogP contribution in [0, 0.1) is 6.92 Å². The minimum Gasteiger partial charge on any atom is -0.488 e. The maximum Gasteiger partial charge on any atom is 0.177 e. The normalized spacial score (nSPS) is 20.2. The summed E-state index contributed by atoms with van der Waals surface area (Å²) >= 11 is 6.90. The monoisotopic (exact) mass is 803 g/mol. The molecule has 1 N–H and O–H groups in total. The van der Waals surface area contributed by atoms with E-state index in [-0.39, 0.29) is 42.1 Å². The molecule has 0 radical (unpaired) electrons. The van der Waals surface area contributed by atoms with Gasteiger partial charge in [0.2, 0.25) is 0 Å². The Bertz CT molecular complexity index is 2160. The number of likely N-dealkylation sites (tertiary alicyclic amines) is 2. The van der Waals surface area contributed by atoms with Crippen molar-refractivity contribution in [3.05, 3.63) is 94.3 Å². The van der Waals surface area contributed by atoms with Crippen LogP contribution in [-0.2, 0) is 34.4 Å². The summed E-state index contributed by atoms with van der Waals surface area (Å²) in [6.07, 6.45) is 8.19. The van der Waals surface area contributed by atoms with Crippen molar-refractivity contribution in [2.75, 3.05) is 39.0 Å².